The molecule has 0 aromatic rings. The molecule has 0 amide bonds. The average Bonchev–Trinajstić information content (AvgIpc) is 2.14. The first-order valence-electron chi connectivity index (χ1n) is 2.41. The van der Waals surface area contributed by atoms with E-state index in [1.54, 1.807) is 0 Å². The molecule has 0 aromatic heterocycles. The fourth-order valence-corrected chi connectivity index (χ4v) is 0.666. The molecule has 1 aliphatic rings. The zero-order chi connectivity index (χ0) is 5.11. The van der Waals surface area contributed by atoms with Gasteiger partial charge < -0.3 is 0 Å². The van der Waals surface area contributed by atoms with Crippen LogP contribution in [0.3, 0.4) is 0 Å². The molecule has 0 N–H and O–H groups in total. The summed E-state index contributed by atoms with van der Waals surface area (Å²) in [5.74, 6) is 2.59. The Kier molecular flexibility index (Phi) is 1.17. The number of hydrogen-bond acceptors (Lipinski definition) is 0. The normalized spacial score (nSPS) is 18.4. The summed E-state index contributed by atoms with van der Waals surface area (Å²) in [5, 5.41) is 0. The highest BCUT2D eigenvalue weighted by Crippen LogP contribution is 2.14. The van der Waals surface area contributed by atoms with E-state index in [9.17, 15) is 0 Å². The van der Waals surface area contributed by atoms with E-state index in [0.29, 0.717) is 0 Å². The van der Waals surface area contributed by atoms with E-state index in [0.717, 1.165) is 18.4 Å². The predicted octanol–water partition coefficient (Wildman–Crippen LogP) is 1.54. The highest BCUT2D eigenvalue weighted by Gasteiger charge is 1.98. The summed E-state index contributed by atoms with van der Waals surface area (Å²) in [4.78, 5) is 0. The highest BCUT2D eigenvalue weighted by atomic mass is 14.0. The van der Waals surface area contributed by atoms with Crippen LogP contribution in [0, 0.1) is 18.8 Å². The van der Waals surface area contributed by atoms with Crippen LogP contribution >= 0.6 is 0 Å². The van der Waals surface area contributed by atoms with Crippen LogP contribution < -0.4 is 0 Å². The van der Waals surface area contributed by atoms with Crippen molar-refractivity contribution in [2.24, 2.45) is 0 Å². The number of hydrogen-bond donors (Lipinski definition) is 0. The molecule has 0 bridgehead atoms. The summed E-state index contributed by atoms with van der Waals surface area (Å²) in [6.45, 7) is 0. The van der Waals surface area contributed by atoms with Gasteiger partial charge in [-0.15, -0.1) is 6.42 Å². The molecule has 1 aliphatic carbocycles. The minimum absolute atomic E-state index is 1.01. The van der Waals surface area contributed by atoms with Gasteiger partial charge in [0, 0.05) is 0 Å². The van der Waals surface area contributed by atoms with Gasteiger partial charge in [0.2, 0.25) is 0 Å². The summed E-state index contributed by atoms with van der Waals surface area (Å²) >= 11 is 0. The van der Waals surface area contributed by atoms with Crippen molar-refractivity contribution in [2.75, 3.05) is 0 Å². The predicted molar refractivity (Wildman–Crippen MR) is 30.4 cm³/mol. The van der Waals surface area contributed by atoms with Gasteiger partial charge in [0.15, 0.2) is 0 Å². The second kappa shape index (κ2) is 1.84. The highest BCUT2D eigenvalue weighted by molar-refractivity contribution is 5.30. The molecule has 0 unspecified atom stereocenters. The number of terminal acetylenes is 1. The van der Waals surface area contributed by atoms with Crippen molar-refractivity contribution in [3.63, 3.8) is 0 Å². The van der Waals surface area contributed by atoms with Crippen LogP contribution in [0.25, 0.3) is 0 Å². The van der Waals surface area contributed by atoms with Crippen molar-refractivity contribution < 1.29 is 0 Å². The Morgan fingerprint density at radius 1 is 1.71 bits per heavy atom. The summed E-state index contributed by atoms with van der Waals surface area (Å²) in [6, 6.07) is 0. The molecule has 0 saturated carbocycles. The van der Waals surface area contributed by atoms with Crippen molar-refractivity contribution in [3.8, 4) is 12.3 Å². The van der Waals surface area contributed by atoms with Crippen molar-refractivity contribution >= 4 is 0 Å². The van der Waals surface area contributed by atoms with Gasteiger partial charge in [-0.3, -0.25) is 0 Å². The van der Waals surface area contributed by atoms with E-state index in [-0.39, 0.29) is 0 Å². The molecule has 0 heteroatoms. The lowest BCUT2D eigenvalue weighted by Crippen LogP contribution is -1.65. The Morgan fingerprint density at radius 3 is 2.86 bits per heavy atom. The Morgan fingerprint density at radius 2 is 2.57 bits per heavy atom. The summed E-state index contributed by atoms with van der Waals surface area (Å²) in [5.41, 5.74) is 1.14. The fourth-order valence-electron chi connectivity index (χ4n) is 0.666. The van der Waals surface area contributed by atoms with Crippen molar-refractivity contribution in [1.29, 1.82) is 0 Å². The first kappa shape index (κ1) is 4.46. The van der Waals surface area contributed by atoms with E-state index >= 15 is 0 Å². The monoisotopic (exact) mass is 91.1 g/mol. The second-order valence-corrected chi connectivity index (χ2v) is 1.60. The molecule has 35 valence electrons. The maximum atomic E-state index is 5.10. The lowest BCUT2D eigenvalue weighted by molar-refractivity contribution is 1.18. The summed E-state index contributed by atoms with van der Waals surface area (Å²) in [6.07, 6.45) is 11.4. The SMILES string of the molecule is C#CC1=CC[CH]C1. The smallest absolute Gasteiger partial charge is 0.00192 e. The van der Waals surface area contributed by atoms with Gasteiger partial charge >= 0.3 is 0 Å². The molecular formula is C7H7. The number of allylic oxidation sites excluding steroid dienone is 2. The van der Waals surface area contributed by atoms with Crippen LogP contribution in [0.4, 0.5) is 0 Å². The molecule has 0 heterocycles. The molecule has 0 aromatic carbocycles. The van der Waals surface area contributed by atoms with Crippen LogP contribution in [-0.2, 0) is 0 Å². The fraction of sp³-hybridized carbons (Fsp3) is 0.286. The number of rotatable bonds is 0. The maximum Gasteiger partial charge on any atom is -0.00192 e. The van der Waals surface area contributed by atoms with Crippen LogP contribution in [0.1, 0.15) is 12.8 Å². The Bertz CT molecular complexity index is 123. The molecule has 0 fully saturated rings. The van der Waals surface area contributed by atoms with E-state index < -0.39 is 0 Å². The molecule has 0 spiro atoms. The summed E-state index contributed by atoms with van der Waals surface area (Å²) in [7, 11) is 0. The van der Waals surface area contributed by atoms with E-state index in [1.165, 1.54) is 0 Å². The third kappa shape index (κ3) is 0.838. The third-order valence-corrected chi connectivity index (χ3v) is 1.08. The minimum Gasteiger partial charge on any atom is -0.115 e. The quantitative estimate of drug-likeness (QED) is 0.397. The van der Waals surface area contributed by atoms with Gasteiger partial charge in [0.25, 0.3) is 0 Å². The molecule has 0 aliphatic heterocycles. The van der Waals surface area contributed by atoms with E-state index in [2.05, 4.69) is 18.4 Å². The minimum atomic E-state index is 1.01. The Labute approximate surface area is 44.2 Å². The van der Waals surface area contributed by atoms with Gasteiger partial charge in [-0.1, -0.05) is 12.0 Å². The molecule has 0 atom stereocenters. The Hall–Kier alpha value is -0.700. The standard InChI is InChI=1S/C7H7/c1-2-7-5-3-4-6-7/h1,3,6H,4-5H2. The van der Waals surface area contributed by atoms with Gasteiger partial charge in [-0.2, -0.15) is 0 Å². The van der Waals surface area contributed by atoms with Crippen molar-refractivity contribution in [1.82, 2.24) is 0 Å². The van der Waals surface area contributed by atoms with Crippen LogP contribution in [0.15, 0.2) is 11.6 Å². The van der Waals surface area contributed by atoms with Crippen LogP contribution in [0.5, 0.6) is 0 Å². The lowest BCUT2D eigenvalue weighted by Gasteiger charge is -1.79. The zero-order valence-electron chi connectivity index (χ0n) is 4.15. The maximum absolute atomic E-state index is 5.10. The second-order valence-electron chi connectivity index (χ2n) is 1.60. The van der Waals surface area contributed by atoms with Gasteiger partial charge in [-0.25, -0.2) is 0 Å². The van der Waals surface area contributed by atoms with Gasteiger partial charge in [-0.05, 0) is 24.8 Å². The van der Waals surface area contributed by atoms with E-state index in [4.69, 9.17) is 6.42 Å². The van der Waals surface area contributed by atoms with Crippen molar-refractivity contribution in [3.05, 3.63) is 18.1 Å². The molecule has 1 rings (SSSR count). The van der Waals surface area contributed by atoms with E-state index in [1.807, 2.05) is 0 Å². The van der Waals surface area contributed by atoms with Crippen LogP contribution in [-0.4, -0.2) is 0 Å². The summed E-state index contributed by atoms with van der Waals surface area (Å²) < 4.78 is 0. The largest absolute Gasteiger partial charge is 0.115 e. The topological polar surface area (TPSA) is 0 Å². The zero-order valence-corrected chi connectivity index (χ0v) is 4.15. The van der Waals surface area contributed by atoms with Crippen LogP contribution in [0.2, 0.25) is 0 Å². The molecule has 0 saturated heterocycles. The van der Waals surface area contributed by atoms with Gasteiger partial charge in [0.05, 0.1) is 0 Å². The van der Waals surface area contributed by atoms with Crippen molar-refractivity contribution in [2.45, 2.75) is 12.8 Å². The first-order valence-corrected chi connectivity index (χ1v) is 2.41. The molecular weight excluding hydrogens is 84.1 g/mol. The Balaban J connectivity index is 2.57. The first-order chi connectivity index (χ1) is 3.43. The third-order valence-electron chi connectivity index (χ3n) is 1.08. The molecule has 7 heavy (non-hydrogen) atoms. The average molecular weight is 91.1 g/mol. The van der Waals surface area contributed by atoms with Gasteiger partial charge in [0.1, 0.15) is 0 Å². The lowest BCUT2D eigenvalue weighted by atomic mass is 10.2. The molecule has 1 radical (unpaired) electrons. The molecule has 0 nitrogen and oxygen atoms in total.